The first-order valence-corrected chi connectivity index (χ1v) is 11.7. The minimum atomic E-state index is -3.28. The summed E-state index contributed by atoms with van der Waals surface area (Å²) in [6.45, 7) is 5.13. The van der Waals surface area contributed by atoms with E-state index in [0.29, 0.717) is 44.1 Å². The summed E-state index contributed by atoms with van der Waals surface area (Å²) in [5, 5.41) is 0. The van der Waals surface area contributed by atoms with E-state index in [2.05, 4.69) is 9.88 Å². The molecule has 1 amide bonds. The molecule has 0 unspecified atom stereocenters. The van der Waals surface area contributed by atoms with Crippen molar-refractivity contribution in [3.63, 3.8) is 0 Å². The van der Waals surface area contributed by atoms with Crippen LogP contribution in [0.2, 0.25) is 0 Å². The van der Waals surface area contributed by atoms with Crippen LogP contribution in [-0.2, 0) is 10.0 Å². The number of sulfonamides is 1. The van der Waals surface area contributed by atoms with Gasteiger partial charge in [0.25, 0.3) is 5.91 Å². The maximum atomic E-state index is 12.6. The number of piperazine rings is 1. The third-order valence-corrected chi connectivity index (χ3v) is 7.70. The van der Waals surface area contributed by atoms with E-state index >= 15 is 0 Å². The monoisotopic (exact) mass is 409 g/mol. The Kier molecular flexibility index (Phi) is 7.39. The molecule has 2 fully saturated rings. The summed E-state index contributed by atoms with van der Waals surface area (Å²) in [5.41, 5.74) is 6.26. The molecule has 2 N–H and O–H groups in total. The van der Waals surface area contributed by atoms with Crippen LogP contribution < -0.4 is 5.73 Å². The van der Waals surface area contributed by atoms with Crippen LogP contribution in [0, 0.1) is 5.92 Å². The molecule has 0 bridgehead atoms. The Hall–Kier alpha value is -1.55. The number of hydrogen-bond acceptors (Lipinski definition) is 6. The SMILES string of the molecule is NCC1CCN(CCCS(=O)(=O)N2CCN(C(=O)c3cccnc3)CC2)CC1. The fourth-order valence-electron chi connectivity index (χ4n) is 3.89. The highest BCUT2D eigenvalue weighted by Gasteiger charge is 2.29. The molecule has 1 aromatic heterocycles. The van der Waals surface area contributed by atoms with Crippen molar-refractivity contribution in [1.82, 2.24) is 19.1 Å². The van der Waals surface area contributed by atoms with Gasteiger partial charge in [-0.05, 0) is 63.5 Å². The standard InChI is InChI=1S/C19H31N5O3S/c20-15-17-4-8-22(9-5-17)7-2-14-28(26,27)24-12-10-23(11-13-24)19(25)18-3-1-6-21-16-18/h1,3,6,16-17H,2,4-5,7-15,20H2. The third kappa shape index (κ3) is 5.50. The second-order valence-electron chi connectivity index (χ2n) is 7.62. The highest BCUT2D eigenvalue weighted by Crippen LogP contribution is 2.17. The minimum absolute atomic E-state index is 0.0916. The van der Waals surface area contributed by atoms with Crippen molar-refractivity contribution >= 4 is 15.9 Å². The molecule has 0 aromatic carbocycles. The Labute approximate surface area is 167 Å². The number of pyridine rings is 1. The second kappa shape index (κ2) is 9.78. The maximum Gasteiger partial charge on any atom is 0.255 e. The van der Waals surface area contributed by atoms with Crippen LogP contribution in [0.25, 0.3) is 0 Å². The lowest BCUT2D eigenvalue weighted by atomic mass is 9.97. The van der Waals surface area contributed by atoms with Gasteiger partial charge in [0.1, 0.15) is 0 Å². The van der Waals surface area contributed by atoms with Crippen LogP contribution >= 0.6 is 0 Å². The van der Waals surface area contributed by atoms with E-state index in [4.69, 9.17) is 5.73 Å². The zero-order valence-electron chi connectivity index (χ0n) is 16.4. The predicted octanol–water partition coefficient (Wildman–Crippen LogP) is 0.230. The quantitative estimate of drug-likeness (QED) is 0.692. The third-order valence-electron chi connectivity index (χ3n) is 5.74. The van der Waals surface area contributed by atoms with Crippen LogP contribution in [0.4, 0.5) is 0 Å². The van der Waals surface area contributed by atoms with Crippen LogP contribution in [0.3, 0.4) is 0 Å². The molecular weight excluding hydrogens is 378 g/mol. The Balaban J connectivity index is 1.41. The summed E-state index contributed by atoms with van der Waals surface area (Å²) in [4.78, 5) is 20.5. The predicted molar refractivity (Wildman–Crippen MR) is 108 cm³/mol. The number of piperidine rings is 1. The van der Waals surface area contributed by atoms with Crippen molar-refractivity contribution in [3.05, 3.63) is 30.1 Å². The molecule has 9 heteroatoms. The number of likely N-dealkylation sites (tertiary alicyclic amines) is 1. The van der Waals surface area contributed by atoms with Gasteiger partial charge in [0.05, 0.1) is 11.3 Å². The van der Waals surface area contributed by atoms with Crippen LogP contribution in [0.5, 0.6) is 0 Å². The molecule has 0 radical (unpaired) electrons. The van der Waals surface area contributed by atoms with E-state index in [0.717, 1.165) is 39.0 Å². The molecule has 2 saturated heterocycles. The summed E-state index contributed by atoms with van der Waals surface area (Å²) in [6.07, 6.45) is 6.03. The van der Waals surface area contributed by atoms with Crippen LogP contribution in [0.15, 0.2) is 24.5 Å². The van der Waals surface area contributed by atoms with Crippen molar-refractivity contribution in [1.29, 1.82) is 0 Å². The first-order chi connectivity index (χ1) is 13.5. The number of aromatic nitrogens is 1. The molecule has 2 aliphatic rings. The number of hydrogen-bond donors (Lipinski definition) is 1. The first-order valence-electron chi connectivity index (χ1n) is 10.1. The van der Waals surface area contributed by atoms with Crippen molar-refractivity contribution < 1.29 is 13.2 Å². The van der Waals surface area contributed by atoms with E-state index in [9.17, 15) is 13.2 Å². The molecule has 28 heavy (non-hydrogen) atoms. The van der Waals surface area contributed by atoms with Gasteiger partial charge in [0.15, 0.2) is 0 Å². The van der Waals surface area contributed by atoms with Gasteiger partial charge in [-0.3, -0.25) is 9.78 Å². The van der Waals surface area contributed by atoms with E-state index < -0.39 is 10.0 Å². The fraction of sp³-hybridized carbons (Fsp3) is 0.684. The van der Waals surface area contributed by atoms with Crippen molar-refractivity contribution in [2.75, 3.05) is 58.1 Å². The van der Waals surface area contributed by atoms with Crippen LogP contribution in [-0.4, -0.2) is 91.5 Å². The van der Waals surface area contributed by atoms with E-state index in [-0.39, 0.29) is 11.7 Å². The molecule has 3 heterocycles. The van der Waals surface area contributed by atoms with Gasteiger partial charge in [0, 0.05) is 38.6 Å². The first kappa shape index (κ1) is 21.2. The Bertz CT molecular complexity index is 727. The molecule has 0 aliphatic carbocycles. The average molecular weight is 410 g/mol. The zero-order valence-corrected chi connectivity index (χ0v) is 17.2. The maximum absolute atomic E-state index is 12.6. The summed E-state index contributed by atoms with van der Waals surface area (Å²) >= 11 is 0. The van der Waals surface area contributed by atoms with Gasteiger partial charge < -0.3 is 15.5 Å². The zero-order chi connectivity index (χ0) is 20.0. The van der Waals surface area contributed by atoms with E-state index in [1.807, 2.05) is 0 Å². The molecule has 2 aliphatic heterocycles. The molecule has 1 aromatic rings. The Morgan fingerprint density at radius 2 is 1.86 bits per heavy atom. The Morgan fingerprint density at radius 3 is 2.46 bits per heavy atom. The summed E-state index contributed by atoms with van der Waals surface area (Å²) in [6, 6.07) is 3.46. The number of rotatable bonds is 7. The molecule has 0 saturated carbocycles. The van der Waals surface area contributed by atoms with E-state index in [1.54, 1.807) is 29.4 Å². The molecule has 156 valence electrons. The van der Waals surface area contributed by atoms with Gasteiger partial charge in [0.2, 0.25) is 10.0 Å². The van der Waals surface area contributed by atoms with Crippen molar-refractivity contribution in [3.8, 4) is 0 Å². The summed E-state index contributed by atoms with van der Waals surface area (Å²) < 4.78 is 26.8. The van der Waals surface area contributed by atoms with Crippen molar-refractivity contribution in [2.45, 2.75) is 19.3 Å². The number of carbonyl (C=O) groups excluding carboxylic acids is 1. The fourth-order valence-corrected chi connectivity index (χ4v) is 5.36. The molecule has 0 atom stereocenters. The van der Waals surface area contributed by atoms with Gasteiger partial charge >= 0.3 is 0 Å². The lowest BCUT2D eigenvalue weighted by Crippen LogP contribution is -2.51. The van der Waals surface area contributed by atoms with Gasteiger partial charge in [-0.25, -0.2) is 8.42 Å². The van der Waals surface area contributed by atoms with Gasteiger partial charge in [-0.2, -0.15) is 4.31 Å². The molecule has 0 spiro atoms. The molecular formula is C19H31N5O3S. The average Bonchev–Trinajstić information content (AvgIpc) is 2.74. The van der Waals surface area contributed by atoms with Crippen LogP contribution in [0.1, 0.15) is 29.6 Å². The lowest BCUT2D eigenvalue weighted by molar-refractivity contribution is 0.0697. The van der Waals surface area contributed by atoms with Gasteiger partial charge in [-0.1, -0.05) is 0 Å². The lowest BCUT2D eigenvalue weighted by Gasteiger charge is -2.34. The Morgan fingerprint density at radius 1 is 1.14 bits per heavy atom. The summed E-state index contributed by atoms with van der Waals surface area (Å²) in [7, 11) is -3.28. The normalized spacial score (nSPS) is 20.4. The number of nitrogens with two attached hydrogens (primary N) is 1. The minimum Gasteiger partial charge on any atom is -0.336 e. The number of nitrogens with zero attached hydrogens (tertiary/aromatic N) is 4. The second-order valence-corrected chi connectivity index (χ2v) is 9.71. The smallest absolute Gasteiger partial charge is 0.255 e. The van der Waals surface area contributed by atoms with Crippen molar-refractivity contribution in [2.24, 2.45) is 11.7 Å². The van der Waals surface area contributed by atoms with E-state index in [1.165, 1.54) is 4.31 Å². The number of amides is 1. The molecule has 8 nitrogen and oxygen atoms in total. The molecule has 3 rings (SSSR count). The highest BCUT2D eigenvalue weighted by molar-refractivity contribution is 7.89. The number of carbonyl (C=O) groups is 1. The summed E-state index contributed by atoms with van der Waals surface area (Å²) in [5.74, 6) is 0.692. The largest absolute Gasteiger partial charge is 0.336 e. The highest BCUT2D eigenvalue weighted by atomic mass is 32.2. The topological polar surface area (TPSA) is 99.8 Å². The van der Waals surface area contributed by atoms with Gasteiger partial charge in [-0.15, -0.1) is 0 Å².